The molecule has 0 atom stereocenters. The number of hydrogen-bond acceptors (Lipinski definition) is 4. The lowest BCUT2D eigenvalue weighted by Gasteiger charge is -2.24. The monoisotopic (exact) mass is 165 g/mol. The van der Waals surface area contributed by atoms with Gasteiger partial charge in [0, 0.05) is 5.41 Å². The molecular weight excluding hydrogens is 146 g/mol. The van der Waals surface area contributed by atoms with Crippen LogP contribution in [0.25, 0.3) is 0 Å². The molecule has 0 heterocycles. The quantitative estimate of drug-likeness (QED) is 0.427. The molecule has 0 amide bonds. The summed E-state index contributed by atoms with van der Waals surface area (Å²) in [5.41, 5.74) is 3.83. The lowest BCUT2D eigenvalue weighted by atomic mass is 9.88. The van der Waals surface area contributed by atoms with Crippen LogP contribution in [-0.4, -0.2) is 42.2 Å². The zero-order valence-electron chi connectivity index (χ0n) is 7.25. The van der Waals surface area contributed by atoms with Crippen LogP contribution in [0.15, 0.2) is 0 Å². The highest BCUT2D eigenvalue weighted by Crippen LogP contribution is 2.18. The molecule has 4 heteroatoms. The van der Waals surface area contributed by atoms with Gasteiger partial charge >= 0.3 is 0 Å². The number of aliphatic hydroxyl groups is 3. The van der Waals surface area contributed by atoms with Gasteiger partial charge in [-0.25, -0.2) is 0 Å². The van der Waals surface area contributed by atoms with Gasteiger partial charge in [0.05, 0.1) is 19.8 Å². The van der Waals surface area contributed by atoms with Crippen molar-refractivity contribution in [2.45, 2.75) is 13.3 Å². The molecule has 0 rings (SSSR count). The van der Waals surface area contributed by atoms with E-state index in [1.54, 1.807) is 0 Å². The Labute approximate surface area is 67.7 Å². The van der Waals surface area contributed by atoms with Crippen molar-refractivity contribution in [2.75, 3.05) is 26.9 Å². The maximum atomic E-state index is 8.66. The van der Waals surface area contributed by atoms with Crippen LogP contribution in [0.3, 0.4) is 0 Å². The fourth-order valence-corrected chi connectivity index (χ4v) is 0.485. The van der Waals surface area contributed by atoms with Gasteiger partial charge in [0.15, 0.2) is 0 Å². The van der Waals surface area contributed by atoms with E-state index in [0.717, 1.165) is 0 Å². The fraction of sp³-hybridized carbons (Fsp3) is 1.00. The van der Waals surface area contributed by atoms with Crippen molar-refractivity contribution in [2.24, 2.45) is 11.1 Å². The molecule has 0 aliphatic heterocycles. The molecule has 70 valence electrons. The molecule has 0 fully saturated rings. The molecule has 0 unspecified atom stereocenters. The summed E-state index contributed by atoms with van der Waals surface area (Å²) in [4.78, 5) is 0. The van der Waals surface area contributed by atoms with Crippen molar-refractivity contribution in [3.05, 3.63) is 0 Å². The van der Waals surface area contributed by atoms with Gasteiger partial charge in [0.1, 0.15) is 0 Å². The van der Waals surface area contributed by atoms with Crippen LogP contribution >= 0.6 is 0 Å². The number of aliphatic hydroxyl groups excluding tert-OH is 3. The summed E-state index contributed by atoms with van der Waals surface area (Å²) in [6.45, 7) is 1.35. The van der Waals surface area contributed by atoms with E-state index in [4.69, 9.17) is 15.3 Å². The van der Waals surface area contributed by atoms with Crippen LogP contribution in [-0.2, 0) is 0 Å². The Morgan fingerprint density at radius 2 is 1.27 bits per heavy atom. The molecule has 0 radical (unpaired) electrons. The highest BCUT2D eigenvalue weighted by Gasteiger charge is 2.24. The smallest absolute Gasteiger partial charge is 0.0531 e. The second-order valence-electron chi connectivity index (χ2n) is 2.33. The third-order valence-corrected chi connectivity index (χ3v) is 1.76. The summed E-state index contributed by atoms with van der Waals surface area (Å²) in [7, 11) is 1.50. The summed E-state index contributed by atoms with van der Waals surface area (Å²) in [6.07, 6.45) is 0.594. The van der Waals surface area contributed by atoms with E-state index in [0.29, 0.717) is 6.42 Å². The first-order valence-corrected chi connectivity index (χ1v) is 3.65. The molecule has 0 aliphatic rings. The van der Waals surface area contributed by atoms with E-state index in [1.807, 2.05) is 6.92 Å². The molecule has 0 bridgehead atoms. The SMILES string of the molecule is CCC(CO)(CO)CO.CN. The Hall–Kier alpha value is -0.160. The van der Waals surface area contributed by atoms with Gasteiger partial charge in [-0.15, -0.1) is 0 Å². The highest BCUT2D eigenvalue weighted by atomic mass is 16.3. The van der Waals surface area contributed by atoms with Crippen LogP contribution in [0.5, 0.6) is 0 Å². The van der Waals surface area contributed by atoms with E-state index < -0.39 is 5.41 Å². The first-order chi connectivity index (χ1) is 5.24. The molecule has 0 spiro atoms. The normalized spacial score (nSPS) is 10.4. The summed E-state index contributed by atoms with van der Waals surface area (Å²) in [6, 6.07) is 0. The van der Waals surface area contributed by atoms with Crippen molar-refractivity contribution in [3.63, 3.8) is 0 Å². The van der Waals surface area contributed by atoms with Crippen molar-refractivity contribution < 1.29 is 15.3 Å². The molecule has 5 N–H and O–H groups in total. The van der Waals surface area contributed by atoms with Crippen LogP contribution in [0, 0.1) is 5.41 Å². The number of rotatable bonds is 4. The largest absolute Gasteiger partial charge is 0.396 e. The van der Waals surface area contributed by atoms with Crippen molar-refractivity contribution in [3.8, 4) is 0 Å². The van der Waals surface area contributed by atoms with Gasteiger partial charge in [-0.05, 0) is 13.5 Å². The second kappa shape index (κ2) is 7.94. The van der Waals surface area contributed by atoms with E-state index in [-0.39, 0.29) is 19.8 Å². The van der Waals surface area contributed by atoms with Crippen molar-refractivity contribution in [1.82, 2.24) is 0 Å². The second-order valence-corrected chi connectivity index (χ2v) is 2.33. The average Bonchev–Trinajstić information content (AvgIpc) is 2.13. The standard InChI is InChI=1S/C6H14O3.CH5N/c1-2-6(3-7,4-8)5-9;1-2/h7-9H,2-5H2,1H3;2H2,1H3. The summed E-state index contributed by atoms with van der Waals surface area (Å²) < 4.78 is 0. The molecule has 0 saturated carbocycles. The van der Waals surface area contributed by atoms with E-state index in [9.17, 15) is 0 Å². The van der Waals surface area contributed by atoms with Crippen LogP contribution in [0.4, 0.5) is 0 Å². The third-order valence-electron chi connectivity index (χ3n) is 1.76. The van der Waals surface area contributed by atoms with Gasteiger partial charge < -0.3 is 21.1 Å². The Kier molecular flexibility index (Phi) is 9.70. The minimum absolute atomic E-state index is 0.156. The Morgan fingerprint density at radius 1 is 1.00 bits per heavy atom. The predicted molar refractivity (Wildman–Crippen MR) is 44.1 cm³/mol. The Bertz CT molecular complexity index is 56.6. The molecule has 0 saturated heterocycles. The molecule has 0 aromatic heterocycles. The van der Waals surface area contributed by atoms with Crippen LogP contribution in [0.1, 0.15) is 13.3 Å². The first-order valence-electron chi connectivity index (χ1n) is 3.65. The molecule has 0 aromatic carbocycles. The Balaban J connectivity index is 0. The maximum Gasteiger partial charge on any atom is 0.0531 e. The molecular formula is C7H19NO3. The maximum absolute atomic E-state index is 8.66. The Morgan fingerprint density at radius 3 is 1.27 bits per heavy atom. The van der Waals surface area contributed by atoms with Crippen molar-refractivity contribution >= 4 is 0 Å². The minimum Gasteiger partial charge on any atom is -0.396 e. The predicted octanol–water partition coefficient (Wildman–Crippen LogP) is -1.07. The summed E-state index contributed by atoms with van der Waals surface area (Å²) in [5, 5.41) is 26.0. The van der Waals surface area contributed by atoms with Gasteiger partial charge in [-0.1, -0.05) is 6.92 Å². The molecule has 0 aromatic rings. The fourth-order valence-electron chi connectivity index (χ4n) is 0.485. The molecule has 0 aliphatic carbocycles. The van der Waals surface area contributed by atoms with E-state index in [2.05, 4.69) is 5.73 Å². The third kappa shape index (κ3) is 4.31. The minimum atomic E-state index is -0.667. The van der Waals surface area contributed by atoms with E-state index in [1.165, 1.54) is 7.05 Å². The van der Waals surface area contributed by atoms with E-state index >= 15 is 0 Å². The van der Waals surface area contributed by atoms with Crippen molar-refractivity contribution in [1.29, 1.82) is 0 Å². The topological polar surface area (TPSA) is 86.7 Å². The average molecular weight is 165 g/mol. The van der Waals surface area contributed by atoms with Gasteiger partial charge in [-0.3, -0.25) is 0 Å². The highest BCUT2D eigenvalue weighted by molar-refractivity contribution is 4.74. The summed E-state index contributed by atoms with van der Waals surface area (Å²) in [5.74, 6) is 0. The number of nitrogens with two attached hydrogens (primary N) is 1. The zero-order chi connectivity index (χ0) is 9.33. The van der Waals surface area contributed by atoms with Crippen LogP contribution < -0.4 is 5.73 Å². The van der Waals surface area contributed by atoms with Crippen LogP contribution in [0.2, 0.25) is 0 Å². The van der Waals surface area contributed by atoms with Gasteiger partial charge in [0.2, 0.25) is 0 Å². The first kappa shape index (κ1) is 13.4. The molecule has 4 nitrogen and oxygen atoms in total. The lowest BCUT2D eigenvalue weighted by molar-refractivity contribution is 0.00304. The van der Waals surface area contributed by atoms with Gasteiger partial charge in [-0.2, -0.15) is 0 Å². The lowest BCUT2D eigenvalue weighted by Crippen LogP contribution is -2.32. The number of hydrogen-bond donors (Lipinski definition) is 4. The zero-order valence-corrected chi connectivity index (χ0v) is 7.25. The van der Waals surface area contributed by atoms with Gasteiger partial charge in [0.25, 0.3) is 0 Å². The summed E-state index contributed by atoms with van der Waals surface area (Å²) >= 11 is 0. The molecule has 11 heavy (non-hydrogen) atoms.